The van der Waals surface area contributed by atoms with Crippen LogP contribution in [-0.4, -0.2) is 53.4 Å². The summed E-state index contributed by atoms with van der Waals surface area (Å²) in [5, 5.41) is 3.09. The van der Waals surface area contributed by atoms with Crippen LogP contribution in [0.25, 0.3) is 16.3 Å². The number of rotatable bonds is 8. The Balaban J connectivity index is 1.08. The molecular weight excluding hydrogens is 478 g/mol. The summed E-state index contributed by atoms with van der Waals surface area (Å²) in [5.74, 6) is 0.518. The van der Waals surface area contributed by atoms with Crippen molar-refractivity contribution in [1.29, 1.82) is 0 Å². The second-order valence-corrected chi connectivity index (χ2v) is 9.47. The van der Waals surface area contributed by atoms with Gasteiger partial charge in [-0.15, -0.1) is 11.3 Å². The van der Waals surface area contributed by atoms with E-state index in [4.69, 9.17) is 14.2 Å². The molecular formula is C23H19N3O6S2. The molecule has 1 aromatic heterocycles. The summed E-state index contributed by atoms with van der Waals surface area (Å²) < 4.78 is 17.1. The maximum Gasteiger partial charge on any atom is 0.293 e. The zero-order valence-corrected chi connectivity index (χ0v) is 19.4. The number of hydrogen-bond acceptors (Lipinski definition) is 9. The van der Waals surface area contributed by atoms with E-state index in [0.29, 0.717) is 16.4 Å². The number of nitrogens with one attached hydrogen (secondary N) is 1. The highest BCUT2D eigenvalue weighted by Gasteiger charge is 2.34. The SMILES string of the molecule is O=C(COCc1nc2ccccc2s1)NCCN1C(=O)S/C(=C\c2ccc3c(c2)OCO3)C1=O. The molecule has 0 spiro atoms. The van der Waals surface area contributed by atoms with Crippen molar-refractivity contribution in [2.45, 2.75) is 6.61 Å². The van der Waals surface area contributed by atoms with Crippen molar-refractivity contribution in [2.75, 3.05) is 26.5 Å². The van der Waals surface area contributed by atoms with Crippen LogP contribution in [0.2, 0.25) is 0 Å². The summed E-state index contributed by atoms with van der Waals surface area (Å²) in [6.45, 7) is 0.474. The second-order valence-electron chi connectivity index (χ2n) is 7.36. The first-order chi connectivity index (χ1) is 16.6. The van der Waals surface area contributed by atoms with Crippen LogP contribution in [0.5, 0.6) is 11.5 Å². The van der Waals surface area contributed by atoms with Crippen LogP contribution in [-0.2, 0) is 20.9 Å². The molecule has 0 unspecified atom stereocenters. The number of nitrogens with zero attached hydrogens (tertiary/aromatic N) is 2. The van der Waals surface area contributed by atoms with Gasteiger partial charge in [-0.25, -0.2) is 4.98 Å². The number of aromatic nitrogens is 1. The van der Waals surface area contributed by atoms with E-state index < -0.39 is 5.91 Å². The normalized spacial score (nSPS) is 16.1. The lowest BCUT2D eigenvalue weighted by atomic mass is 10.2. The topological polar surface area (TPSA) is 107 Å². The quantitative estimate of drug-likeness (QED) is 0.472. The van der Waals surface area contributed by atoms with Crippen LogP contribution in [0, 0.1) is 0 Å². The van der Waals surface area contributed by atoms with Crippen LogP contribution in [0.15, 0.2) is 47.4 Å². The van der Waals surface area contributed by atoms with Gasteiger partial charge in [0.2, 0.25) is 12.7 Å². The molecule has 0 bridgehead atoms. The number of imide groups is 1. The van der Waals surface area contributed by atoms with E-state index in [1.54, 1.807) is 24.3 Å². The van der Waals surface area contributed by atoms with E-state index in [0.717, 1.165) is 37.4 Å². The molecule has 2 aromatic carbocycles. The van der Waals surface area contributed by atoms with Crippen LogP contribution in [0.3, 0.4) is 0 Å². The number of thioether (sulfide) groups is 1. The molecule has 174 valence electrons. The number of hydrogen-bond donors (Lipinski definition) is 1. The molecule has 3 aromatic rings. The smallest absolute Gasteiger partial charge is 0.293 e. The predicted octanol–water partition coefficient (Wildman–Crippen LogP) is 3.39. The van der Waals surface area contributed by atoms with Gasteiger partial charge in [0.25, 0.3) is 11.1 Å². The molecule has 34 heavy (non-hydrogen) atoms. The molecule has 0 aliphatic carbocycles. The van der Waals surface area contributed by atoms with Gasteiger partial charge in [0, 0.05) is 13.1 Å². The second kappa shape index (κ2) is 9.84. The van der Waals surface area contributed by atoms with Crippen LogP contribution in [0.4, 0.5) is 4.79 Å². The minimum atomic E-state index is -0.394. The summed E-state index contributed by atoms with van der Waals surface area (Å²) >= 11 is 2.39. The van der Waals surface area contributed by atoms with Crippen molar-refractivity contribution in [3.8, 4) is 11.5 Å². The molecule has 0 radical (unpaired) electrons. The van der Waals surface area contributed by atoms with Crippen molar-refractivity contribution in [3.63, 3.8) is 0 Å². The Bertz CT molecular complexity index is 1270. The van der Waals surface area contributed by atoms with Gasteiger partial charge in [-0.2, -0.15) is 0 Å². The Labute approximate surface area is 202 Å². The number of carbonyl (C=O) groups excluding carboxylic acids is 3. The van der Waals surface area contributed by atoms with E-state index in [9.17, 15) is 14.4 Å². The van der Waals surface area contributed by atoms with E-state index in [1.165, 1.54) is 11.3 Å². The van der Waals surface area contributed by atoms with Crippen molar-refractivity contribution in [2.24, 2.45) is 0 Å². The molecule has 1 fully saturated rings. The Morgan fingerprint density at radius 1 is 1.18 bits per heavy atom. The summed E-state index contributed by atoms with van der Waals surface area (Å²) in [5.41, 5.74) is 1.63. The molecule has 0 saturated carbocycles. The first-order valence-corrected chi connectivity index (χ1v) is 12.0. The number of carbonyl (C=O) groups is 3. The number of benzene rings is 2. The fourth-order valence-electron chi connectivity index (χ4n) is 3.42. The van der Waals surface area contributed by atoms with E-state index >= 15 is 0 Å². The van der Waals surface area contributed by atoms with Gasteiger partial charge in [-0.05, 0) is 47.7 Å². The molecule has 5 rings (SSSR count). The van der Waals surface area contributed by atoms with Gasteiger partial charge < -0.3 is 19.5 Å². The maximum atomic E-state index is 12.6. The number of amides is 3. The average molecular weight is 498 g/mol. The zero-order valence-electron chi connectivity index (χ0n) is 17.8. The average Bonchev–Trinajstić information content (AvgIpc) is 3.52. The Morgan fingerprint density at radius 3 is 2.91 bits per heavy atom. The van der Waals surface area contributed by atoms with Crippen LogP contribution < -0.4 is 14.8 Å². The lowest BCUT2D eigenvalue weighted by Gasteiger charge is -2.13. The lowest BCUT2D eigenvalue weighted by Crippen LogP contribution is -2.38. The molecule has 1 saturated heterocycles. The molecule has 1 N–H and O–H groups in total. The van der Waals surface area contributed by atoms with Crippen molar-refractivity contribution in [1.82, 2.24) is 15.2 Å². The third kappa shape index (κ3) is 4.91. The number of para-hydroxylation sites is 1. The number of ether oxygens (including phenoxy) is 3. The van der Waals surface area contributed by atoms with Crippen LogP contribution in [0.1, 0.15) is 10.6 Å². The zero-order chi connectivity index (χ0) is 23.5. The maximum absolute atomic E-state index is 12.6. The fourth-order valence-corrected chi connectivity index (χ4v) is 5.19. The minimum Gasteiger partial charge on any atom is -0.454 e. The lowest BCUT2D eigenvalue weighted by molar-refractivity contribution is -0.127. The predicted molar refractivity (Wildman–Crippen MR) is 128 cm³/mol. The van der Waals surface area contributed by atoms with Crippen molar-refractivity contribution >= 4 is 56.4 Å². The van der Waals surface area contributed by atoms with Gasteiger partial charge in [0.15, 0.2) is 11.5 Å². The van der Waals surface area contributed by atoms with Gasteiger partial charge in [0.1, 0.15) is 11.6 Å². The molecule has 0 atom stereocenters. The molecule has 2 aliphatic rings. The van der Waals surface area contributed by atoms with E-state index in [2.05, 4.69) is 10.3 Å². The monoisotopic (exact) mass is 497 g/mol. The highest BCUT2D eigenvalue weighted by Crippen LogP contribution is 2.36. The van der Waals surface area contributed by atoms with Crippen molar-refractivity contribution < 1.29 is 28.6 Å². The summed E-state index contributed by atoms with van der Waals surface area (Å²) in [4.78, 5) is 42.9. The van der Waals surface area contributed by atoms with Crippen molar-refractivity contribution in [3.05, 3.63) is 57.9 Å². The Kier molecular flexibility index (Phi) is 6.48. The fraction of sp³-hybridized carbons (Fsp3) is 0.217. The molecule has 3 amide bonds. The summed E-state index contributed by atoms with van der Waals surface area (Å²) in [6, 6.07) is 13.1. The largest absolute Gasteiger partial charge is 0.454 e. The van der Waals surface area contributed by atoms with Crippen LogP contribution >= 0.6 is 23.1 Å². The first-order valence-electron chi connectivity index (χ1n) is 10.4. The van der Waals surface area contributed by atoms with Gasteiger partial charge in [-0.3, -0.25) is 19.3 Å². The van der Waals surface area contributed by atoms with E-state index in [1.807, 2.05) is 24.3 Å². The Morgan fingerprint density at radius 2 is 2.03 bits per heavy atom. The third-order valence-electron chi connectivity index (χ3n) is 5.02. The molecule has 2 aliphatic heterocycles. The third-order valence-corrected chi connectivity index (χ3v) is 6.94. The molecule has 9 nitrogen and oxygen atoms in total. The first kappa shape index (κ1) is 22.4. The van der Waals surface area contributed by atoms with E-state index in [-0.39, 0.29) is 44.2 Å². The minimum absolute atomic E-state index is 0.0761. The van der Waals surface area contributed by atoms with Gasteiger partial charge in [-0.1, -0.05) is 18.2 Å². The number of thiazole rings is 1. The summed E-state index contributed by atoms with van der Waals surface area (Å²) in [7, 11) is 0. The highest BCUT2D eigenvalue weighted by molar-refractivity contribution is 8.18. The Hall–Kier alpha value is -3.41. The summed E-state index contributed by atoms with van der Waals surface area (Å²) in [6.07, 6.45) is 1.64. The highest BCUT2D eigenvalue weighted by atomic mass is 32.2. The molecule has 11 heteroatoms. The number of fused-ring (bicyclic) bond motifs is 2. The molecule has 3 heterocycles. The standard InChI is InChI=1S/C23H19N3O6S2/c27-20(11-30-12-21-25-15-3-1-2-4-18(15)33-21)24-7-8-26-22(28)19(34-23(26)29)10-14-5-6-16-17(9-14)32-13-31-16/h1-6,9-10H,7-8,11-13H2,(H,24,27)/b19-10-. The van der Waals surface area contributed by atoms with Gasteiger partial charge in [0.05, 0.1) is 21.7 Å². The van der Waals surface area contributed by atoms with Gasteiger partial charge >= 0.3 is 0 Å².